The number of nitrogens with zero attached hydrogens (tertiary/aromatic N) is 2. The number of carbonyl (C=O) groups is 1. The Morgan fingerprint density at radius 2 is 1.80 bits per heavy atom. The highest BCUT2D eigenvalue weighted by Crippen LogP contribution is 2.10. The largest absolute Gasteiger partial charge is 0.357 e. The lowest BCUT2D eigenvalue weighted by Gasteiger charge is -2.12. The van der Waals surface area contributed by atoms with Gasteiger partial charge in [-0.25, -0.2) is 14.8 Å². The van der Waals surface area contributed by atoms with E-state index in [9.17, 15) is 4.79 Å². The second-order valence-electron chi connectivity index (χ2n) is 6.81. The van der Waals surface area contributed by atoms with E-state index in [1.807, 2.05) is 51.1 Å². The highest BCUT2D eigenvalue weighted by Gasteiger charge is 2.03. The average molecular weight is 545 g/mol. The molecule has 0 aliphatic rings. The monoisotopic (exact) mass is 544 g/mol. The summed E-state index contributed by atoms with van der Waals surface area (Å²) in [5, 5.41) is 12.7. The van der Waals surface area contributed by atoms with E-state index in [0.29, 0.717) is 11.7 Å². The van der Waals surface area contributed by atoms with Crippen LogP contribution in [0.4, 0.5) is 10.5 Å². The number of aromatic nitrogens is 1. The first-order chi connectivity index (χ1) is 14.0. The van der Waals surface area contributed by atoms with Crippen molar-refractivity contribution in [2.24, 2.45) is 4.99 Å². The number of carbonyl (C=O) groups excluding carboxylic acids is 1. The van der Waals surface area contributed by atoms with Crippen molar-refractivity contribution < 1.29 is 4.79 Å². The van der Waals surface area contributed by atoms with Gasteiger partial charge in [0.05, 0.1) is 6.54 Å². The lowest BCUT2D eigenvalue weighted by molar-refractivity contribution is 0.250. The molecule has 1 aromatic carbocycles. The SMILES string of the molecule is CCNC(=NCc1ccc(NC(=O)NC(C)C)cc1)NCCc1ccc(Cl)nc1.I. The number of hydrogen-bond acceptors (Lipinski definition) is 3. The molecule has 0 fully saturated rings. The zero-order valence-corrected chi connectivity index (χ0v) is 20.6. The molecule has 0 radical (unpaired) electrons. The molecular formula is C21H30ClIN6O. The van der Waals surface area contributed by atoms with Gasteiger partial charge < -0.3 is 21.3 Å². The fourth-order valence-electron chi connectivity index (χ4n) is 2.51. The van der Waals surface area contributed by atoms with E-state index in [1.165, 1.54) is 0 Å². The van der Waals surface area contributed by atoms with Crippen LogP contribution in [0, 0.1) is 0 Å². The summed E-state index contributed by atoms with van der Waals surface area (Å²) < 4.78 is 0. The molecule has 9 heteroatoms. The van der Waals surface area contributed by atoms with Gasteiger partial charge in [-0.05, 0) is 56.5 Å². The van der Waals surface area contributed by atoms with E-state index in [-0.39, 0.29) is 36.0 Å². The Balaban J connectivity index is 0.00000450. The molecule has 0 unspecified atom stereocenters. The van der Waals surface area contributed by atoms with E-state index in [4.69, 9.17) is 11.6 Å². The summed E-state index contributed by atoms with van der Waals surface area (Å²) in [6.45, 7) is 7.93. The van der Waals surface area contributed by atoms with Crippen LogP contribution in [0.1, 0.15) is 31.9 Å². The fraction of sp³-hybridized carbons (Fsp3) is 0.381. The number of rotatable bonds is 8. The van der Waals surface area contributed by atoms with Crippen molar-refractivity contribution in [3.63, 3.8) is 0 Å². The molecule has 0 spiro atoms. The number of guanidine groups is 1. The number of amides is 2. The number of benzene rings is 1. The van der Waals surface area contributed by atoms with Crippen LogP contribution in [0.15, 0.2) is 47.6 Å². The molecule has 2 aromatic rings. The lowest BCUT2D eigenvalue weighted by atomic mass is 10.2. The smallest absolute Gasteiger partial charge is 0.319 e. The van der Waals surface area contributed by atoms with Gasteiger partial charge in [0.2, 0.25) is 0 Å². The Hall–Kier alpha value is -2.07. The molecule has 164 valence electrons. The van der Waals surface area contributed by atoms with Crippen LogP contribution in [0.5, 0.6) is 0 Å². The van der Waals surface area contributed by atoms with E-state index < -0.39 is 0 Å². The van der Waals surface area contributed by atoms with E-state index in [1.54, 1.807) is 12.3 Å². The van der Waals surface area contributed by atoms with Crippen LogP contribution in [0.25, 0.3) is 0 Å². The fourth-order valence-corrected chi connectivity index (χ4v) is 2.63. The first kappa shape index (κ1) is 26.0. The van der Waals surface area contributed by atoms with E-state index in [0.717, 1.165) is 42.3 Å². The third-order valence-electron chi connectivity index (χ3n) is 3.89. The van der Waals surface area contributed by atoms with Gasteiger partial charge in [0.25, 0.3) is 0 Å². The maximum absolute atomic E-state index is 11.7. The lowest BCUT2D eigenvalue weighted by Crippen LogP contribution is -2.38. The molecule has 30 heavy (non-hydrogen) atoms. The maximum atomic E-state index is 11.7. The number of halogens is 2. The first-order valence-electron chi connectivity index (χ1n) is 9.75. The van der Waals surface area contributed by atoms with Crippen molar-refractivity contribution in [3.05, 3.63) is 58.9 Å². The number of urea groups is 1. The minimum absolute atomic E-state index is 0. The molecule has 4 N–H and O–H groups in total. The zero-order chi connectivity index (χ0) is 21.1. The molecule has 0 aliphatic heterocycles. The van der Waals surface area contributed by atoms with Gasteiger partial charge in [0.1, 0.15) is 5.15 Å². The molecule has 7 nitrogen and oxygen atoms in total. The van der Waals surface area contributed by atoms with Gasteiger partial charge in [-0.15, -0.1) is 24.0 Å². The Kier molecular flexibility index (Phi) is 12.1. The van der Waals surface area contributed by atoms with Crippen molar-refractivity contribution in [2.45, 2.75) is 39.8 Å². The molecule has 2 amide bonds. The summed E-state index contributed by atoms with van der Waals surface area (Å²) >= 11 is 5.81. The number of aliphatic imine (C=N–C) groups is 1. The van der Waals surface area contributed by atoms with Crippen LogP contribution < -0.4 is 21.3 Å². The van der Waals surface area contributed by atoms with Crippen molar-refractivity contribution in [1.29, 1.82) is 0 Å². The summed E-state index contributed by atoms with van der Waals surface area (Å²) in [5.41, 5.74) is 2.92. The van der Waals surface area contributed by atoms with Crippen molar-refractivity contribution in [2.75, 3.05) is 18.4 Å². The van der Waals surface area contributed by atoms with Gasteiger partial charge in [0.15, 0.2) is 5.96 Å². The Morgan fingerprint density at radius 1 is 1.10 bits per heavy atom. The third-order valence-corrected chi connectivity index (χ3v) is 4.11. The molecule has 2 rings (SSSR count). The topological polar surface area (TPSA) is 90.4 Å². The number of hydrogen-bond donors (Lipinski definition) is 4. The summed E-state index contributed by atoms with van der Waals surface area (Å²) in [6, 6.07) is 11.3. The quantitative estimate of drug-likeness (QED) is 0.174. The number of nitrogens with one attached hydrogen (secondary N) is 4. The second kappa shape index (κ2) is 14.0. The highest BCUT2D eigenvalue weighted by atomic mass is 127. The standard InChI is InChI=1S/C21H29ClN6O.HI/c1-4-23-20(24-12-11-17-7-10-19(22)25-13-17)26-14-16-5-8-18(9-6-16)28-21(29)27-15(2)3;/h5-10,13,15H,4,11-12,14H2,1-3H3,(H2,23,24,26)(H2,27,28,29);1H. The molecule has 0 aliphatic carbocycles. The Bertz CT molecular complexity index is 796. The third kappa shape index (κ3) is 10.1. The predicted molar refractivity (Wildman–Crippen MR) is 135 cm³/mol. The average Bonchev–Trinajstić information content (AvgIpc) is 2.68. The summed E-state index contributed by atoms with van der Waals surface area (Å²) in [6.07, 6.45) is 2.61. The number of anilines is 1. The van der Waals surface area contributed by atoms with E-state index >= 15 is 0 Å². The Morgan fingerprint density at radius 3 is 2.40 bits per heavy atom. The van der Waals surface area contributed by atoms with Crippen LogP contribution in [-0.4, -0.2) is 36.1 Å². The van der Waals surface area contributed by atoms with Gasteiger partial charge in [-0.1, -0.05) is 29.8 Å². The first-order valence-corrected chi connectivity index (χ1v) is 10.1. The summed E-state index contributed by atoms with van der Waals surface area (Å²) in [5.74, 6) is 0.757. The predicted octanol–water partition coefficient (Wildman–Crippen LogP) is 4.18. The second-order valence-corrected chi connectivity index (χ2v) is 7.20. The van der Waals surface area contributed by atoms with Crippen molar-refractivity contribution in [1.82, 2.24) is 20.9 Å². The molecule has 0 bridgehead atoms. The minimum atomic E-state index is -0.208. The normalized spacial score (nSPS) is 10.9. The van der Waals surface area contributed by atoms with Crippen molar-refractivity contribution >= 4 is 53.3 Å². The van der Waals surface area contributed by atoms with Gasteiger partial charge >= 0.3 is 6.03 Å². The van der Waals surface area contributed by atoms with Gasteiger partial charge in [0, 0.05) is 31.0 Å². The minimum Gasteiger partial charge on any atom is -0.357 e. The van der Waals surface area contributed by atoms with Crippen LogP contribution >= 0.6 is 35.6 Å². The van der Waals surface area contributed by atoms with Gasteiger partial charge in [-0.3, -0.25) is 0 Å². The van der Waals surface area contributed by atoms with Crippen LogP contribution in [-0.2, 0) is 13.0 Å². The summed E-state index contributed by atoms with van der Waals surface area (Å²) in [7, 11) is 0. The molecular weight excluding hydrogens is 515 g/mol. The van der Waals surface area contributed by atoms with Crippen molar-refractivity contribution in [3.8, 4) is 0 Å². The molecule has 0 atom stereocenters. The van der Waals surface area contributed by atoms with Crippen LogP contribution in [0.3, 0.4) is 0 Å². The Labute approximate surface area is 200 Å². The van der Waals surface area contributed by atoms with Crippen LogP contribution in [0.2, 0.25) is 5.15 Å². The zero-order valence-electron chi connectivity index (χ0n) is 17.5. The molecule has 1 aromatic heterocycles. The molecule has 0 saturated heterocycles. The highest BCUT2D eigenvalue weighted by molar-refractivity contribution is 14.0. The summed E-state index contributed by atoms with van der Waals surface area (Å²) in [4.78, 5) is 20.4. The molecule has 1 heterocycles. The molecule has 0 saturated carbocycles. The van der Waals surface area contributed by atoms with E-state index in [2.05, 4.69) is 31.2 Å². The van der Waals surface area contributed by atoms with Gasteiger partial charge in [-0.2, -0.15) is 0 Å². The number of pyridine rings is 1. The maximum Gasteiger partial charge on any atom is 0.319 e.